The number of primary amides is 1. The number of carbonyl (C=O) groups excluding carboxylic acids is 2. The second-order valence-corrected chi connectivity index (χ2v) is 7.60. The fourth-order valence-electron chi connectivity index (χ4n) is 2.74. The van der Waals surface area contributed by atoms with E-state index >= 15 is 0 Å². The molecule has 0 radical (unpaired) electrons. The zero-order valence-corrected chi connectivity index (χ0v) is 16.0. The minimum atomic E-state index is -0.724. The lowest BCUT2D eigenvalue weighted by molar-refractivity contribution is 0.0935. The van der Waals surface area contributed by atoms with Gasteiger partial charge in [0.15, 0.2) is 0 Å². The van der Waals surface area contributed by atoms with Crippen molar-refractivity contribution < 1.29 is 9.59 Å². The summed E-state index contributed by atoms with van der Waals surface area (Å²) in [6, 6.07) is 8.15. The second-order valence-electron chi connectivity index (χ2n) is 6.12. The number of benzene rings is 1. The van der Waals surface area contributed by atoms with Crippen LogP contribution in [0.2, 0.25) is 5.02 Å². The highest BCUT2D eigenvalue weighted by molar-refractivity contribution is 7.15. The van der Waals surface area contributed by atoms with Crippen LogP contribution in [0.3, 0.4) is 0 Å². The van der Waals surface area contributed by atoms with Gasteiger partial charge in [0.05, 0.1) is 10.6 Å². The van der Waals surface area contributed by atoms with Crippen molar-refractivity contribution >= 4 is 40.6 Å². The molecule has 6 nitrogen and oxygen atoms in total. The SMILES string of the molecule is NC(=O)Nc1cc(C#Cc2ccc(Cl)cc2)sc1C(=O)N[C@H]1CCCNC1. The van der Waals surface area contributed by atoms with E-state index in [0.29, 0.717) is 20.5 Å². The number of rotatable bonds is 3. The Bertz CT molecular complexity index is 893. The summed E-state index contributed by atoms with van der Waals surface area (Å²) in [5.41, 5.74) is 6.40. The van der Waals surface area contributed by atoms with Crippen LogP contribution >= 0.6 is 22.9 Å². The summed E-state index contributed by atoms with van der Waals surface area (Å²) in [7, 11) is 0. The van der Waals surface area contributed by atoms with Crippen LogP contribution in [0.15, 0.2) is 30.3 Å². The van der Waals surface area contributed by atoms with Gasteiger partial charge in [0.25, 0.3) is 5.91 Å². The Balaban J connectivity index is 1.81. The van der Waals surface area contributed by atoms with E-state index in [1.165, 1.54) is 11.3 Å². The molecule has 1 aliphatic rings. The lowest BCUT2D eigenvalue weighted by Gasteiger charge is -2.23. The van der Waals surface area contributed by atoms with Crippen LogP contribution in [0.25, 0.3) is 0 Å². The molecule has 1 saturated heterocycles. The molecule has 2 heterocycles. The Morgan fingerprint density at radius 2 is 2.04 bits per heavy atom. The first kappa shape index (κ1) is 19.2. The maximum Gasteiger partial charge on any atom is 0.316 e. The Morgan fingerprint density at radius 3 is 2.70 bits per heavy atom. The van der Waals surface area contributed by atoms with E-state index in [2.05, 4.69) is 27.8 Å². The highest BCUT2D eigenvalue weighted by Crippen LogP contribution is 2.27. The van der Waals surface area contributed by atoms with Crippen molar-refractivity contribution in [3.8, 4) is 11.8 Å². The fraction of sp³-hybridized carbons (Fsp3) is 0.263. The average molecular weight is 403 g/mol. The number of hydrogen-bond donors (Lipinski definition) is 4. The molecule has 1 aromatic carbocycles. The smallest absolute Gasteiger partial charge is 0.316 e. The number of urea groups is 1. The summed E-state index contributed by atoms with van der Waals surface area (Å²) in [5, 5.41) is 9.39. The molecule has 1 atom stereocenters. The maximum absolute atomic E-state index is 12.7. The van der Waals surface area contributed by atoms with E-state index < -0.39 is 6.03 Å². The van der Waals surface area contributed by atoms with E-state index in [9.17, 15) is 9.59 Å². The number of nitrogens with two attached hydrogens (primary N) is 1. The van der Waals surface area contributed by atoms with Crippen molar-refractivity contribution in [1.29, 1.82) is 0 Å². The first-order chi connectivity index (χ1) is 13.0. The molecule has 3 rings (SSSR count). The summed E-state index contributed by atoms with van der Waals surface area (Å²) in [4.78, 5) is 25.0. The minimum absolute atomic E-state index is 0.0679. The molecule has 0 saturated carbocycles. The monoisotopic (exact) mass is 402 g/mol. The molecule has 1 aliphatic heterocycles. The predicted molar refractivity (Wildman–Crippen MR) is 108 cm³/mol. The second kappa shape index (κ2) is 8.91. The average Bonchev–Trinajstić information content (AvgIpc) is 3.04. The van der Waals surface area contributed by atoms with Gasteiger partial charge in [-0.05, 0) is 49.7 Å². The number of carbonyl (C=O) groups is 2. The van der Waals surface area contributed by atoms with E-state index in [1.54, 1.807) is 18.2 Å². The minimum Gasteiger partial charge on any atom is -0.351 e. The summed E-state index contributed by atoms with van der Waals surface area (Å²) in [5.74, 6) is 5.79. The molecule has 27 heavy (non-hydrogen) atoms. The third-order valence-corrected chi connectivity index (χ3v) is 5.30. The highest BCUT2D eigenvalue weighted by Gasteiger charge is 2.21. The number of nitrogens with one attached hydrogen (secondary N) is 3. The van der Waals surface area contributed by atoms with Crippen molar-refractivity contribution in [2.45, 2.75) is 18.9 Å². The summed E-state index contributed by atoms with van der Waals surface area (Å²) in [6.07, 6.45) is 1.94. The van der Waals surface area contributed by atoms with Crippen LogP contribution in [0, 0.1) is 11.8 Å². The quantitative estimate of drug-likeness (QED) is 0.594. The van der Waals surface area contributed by atoms with Crippen molar-refractivity contribution in [1.82, 2.24) is 10.6 Å². The first-order valence-electron chi connectivity index (χ1n) is 8.51. The fourth-order valence-corrected chi connectivity index (χ4v) is 3.74. The zero-order valence-electron chi connectivity index (χ0n) is 14.5. The van der Waals surface area contributed by atoms with Gasteiger partial charge in [-0.1, -0.05) is 23.4 Å². The molecule has 5 N–H and O–H groups in total. The number of hydrogen-bond acceptors (Lipinski definition) is 4. The maximum atomic E-state index is 12.7. The molecular weight excluding hydrogens is 384 g/mol. The number of piperidine rings is 1. The first-order valence-corrected chi connectivity index (χ1v) is 9.70. The van der Waals surface area contributed by atoms with Gasteiger partial charge in [0.2, 0.25) is 0 Å². The van der Waals surface area contributed by atoms with Crippen LogP contribution in [0.5, 0.6) is 0 Å². The number of amides is 3. The van der Waals surface area contributed by atoms with Gasteiger partial charge in [-0.15, -0.1) is 11.3 Å². The highest BCUT2D eigenvalue weighted by atomic mass is 35.5. The van der Waals surface area contributed by atoms with Crippen molar-refractivity contribution in [3.05, 3.63) is 50.7 Å². The van der Waals surface area contributed by atoms with E-state index in [1.807, 2.05) is 12.1 Å². The molecule has 1 aromatic heterocycles. The van der Waals surface area contributed by atoms with Crippen molar-refractivity contribution in [3.63, 3.8) is 0 Å². The van der Waals surface area contributed by atoms with Crippen LogP contribution in [0.1, 0.15) is 33.0 Å². The molecule has 3 amide bonds. The largest absolute Gasteiger partial charge is 0.351 e. The van der Waals surface area contributed by atoms with Gasteiger partial charge >= 0.3 is 6.03 Å². The van der Waals surface area contributed by atoms with Gasteiger partial charge in [-0.25, -0.2) is 4.79 Å². The molecule has 0 spiro atoms. The third kappa shape index (κ3) is 5.47. The van der Waals surface area contributed by atoms with Crippen molar-refractivity contribution in [2.75, 3.05) is 18.4 Å². The third-order valence-electron chi connectivity index (χ3n) is 4.00. The zero-order chi connectivity index (χ0) is 19.2. The summed E-state index contributed by atoms with van der Waals surface area (Å²) in [6.45, 7) is 1.70. The number of halogens is 1. The predicted octanol–water partition coefficient (Wildman–Crippen LogP) is 2.77. The van der Waals surface area contributed by atoms with Crippen LogP contribution in [0.4, 0.5) is 10.5 Å². The molecule has 0 aliphatic carbocycles. The molecule has 140 valence electrons. The van der Waals surface area contributed by atoms with Gasteiger partial charge in [-0.3, -0.25) is 4.79 Å². The van der Waals surface area contributed by atoms with E-state index in [-0.39, 0.29) is 11.9 Å². The van der Waals surface area contributed by atoms with Crippen LogP contribution in [-0.4, -0.2) is 31.1 Å². The lowest BCUT2D eigenvalue weighted by atomic mass is 10.1. The van der Waals surface area contributed by atoms with E-state index in [0.717, 1.165) is 31.5 Å². The molecular formula is C19H19ClN4O2S. The standard InChI is InChI=1S/C19H19ClN4O2S/c20-13-6-3-12(4-7-13)5-8-15-10-16(24-19(21)26)17(27-15)18(25)23-14-2-1-9-22-11-14/h3-4,6-7,10,14,22H,1-2,9,11H2,(H,23,25)(H3,21,24,26)/t14-/m0/s1. The number of anilines is 1. The Morgan fingerprint density at radius 1 is 1.26 bits per heavy atom. The number of thiophene rings is 1. The van der Waals surface area contributed by atoms with Crippen LogP contribution in [-0.2, 0) is 0 Å². The van der Waals surface area contributed by atoms with Gasteiger partial charge in [0.1, 0.15) is 4.88 Å². The van der Waals surface area contributed by atoms with E-state index in [4.69, 9.17) is 17.3 Å². The van der Waals surface area contributed by atoms with Gasteiger partial charge < -0.3 is 21.7 Å². The molecule has 0 unspecified atom stereocenters. The normalized spacial score (nSPS) is 16.1. The topological polar surface area (TPSA) is 96.2 Å². The molecule has 0 bridgehead atoms. The van der Waals surface area contributed by atoms with Gasteiger partial charge in [0, 0.05) is 23.2 Å². The summed E-state index contributed by atoms with van der Waals surface area (Å²) >= 11 is 7.09. The Kier molecular flexibility index (Phi) is 6.35. The molecule has 2 aromatic rings. The Labute approximate surface area is 166 Å². The molecule has 1 fully saturated rings. The summed E-state index contributed by atoms with van der Waals surface area (Å²) < 4.78 is 0. The lowest BCUT2D eigenvalue weighted by Crippen LogP contribution is -2.45. The van der Waals surface area contributed by atoms with Crippen molar-refractivity contribution in [2.24, 2.45) is 5.73 Å². The van der Waals surface area contributed by atoms with Crippen LogP contribution < -0.4 is 21.7 Å². The molecule has 8 heteroatoms. The van der Waals surface area contributed by atoms with Gasteiger partial charge in [-0.2, -0.15) is 0 Å². The Hall–Kier alpha value is -2.53.